The number of aliphatic hydroxyl groups is 1. The summed E-state index contributed by atoms with van der Waals surface area (Å²) in [5, 5.41) is 9.59. The first-order valence-electron chi connectivity index (χ1n) is 7.52. The van der Waals surface area contributed by atoms with E-state index in [1.165, 1.54) is 0 Å². The van der Waals surface area contributed by atoms with E-state index in [-0.39, 0.29) is 18.7 Å². The molecule has 2 heterocycles. The van der Waals surface area contributed by atoms with Crippen molar-refractivity contribution in [3.63, 3.8) is 0 Å². The zero-order chi connectivity index (χ0) is 16.3. The normalized spacial score (nSPS) is 20.2. The monoisotopic (exact) mass is 311 g/mol. The van der Waals surface area contributed by atoms with Gasteiger partial charge in [0.25, 0.3) is 0 Å². The van der Waals surface area contributed by atoms with Gasteiger partial charge < -0.3 is 19.2 Å². The maximum atomic E-state index is 12.2. The summed E-state index contributed by atoms with van der Waals surface area (Å²) in [5.41, 5.74) is 0.326. The maximum Gasteiger partial charge on any atom is 0.410 e. The molecule has 1 unspecified atom stereocenters. The van der Waals surface area contributed by atoms with Gasteiger partial charge in [-0.05, 0) is 20.8 Å². The van der Waals surface area contributed by atoms with Crippen LogP contribution in [-0.2, 0) is 11.3 Å². The number of hydrogen-bond donors (Lipinski definition) is 1. The largest absolute Gasteiger partial charge is 0.449 e. The number of piperazine rings is 1. The minimum absolute atomic E-state index is 0.0897. The molecule has 0 radical (unpaired) electrons. The number of rotatable bonds is 3. The van der Waals surface area contributed by atoms with Gasteiger partial charge in [-0.3, -0.25) is 4.90 Å². The molecule has 1 N–H and O–H groups in total. The molecule has 0 saturated carbocycles. The van der Waals surface area contributed by atoms with Gasteiger partial charge in [0, 0.05) is 33.1 Å². The van der Waals surface area contributed by atoms with Crippen molar-refractivity contribution in [2.24, 2.45) is 0 Å². The molecular weight excluding hydrogens is 286 g/mol. The Morgan fingerprint density at radius 1 is 1.50 bits per heavy atom. The van der Waals surface area contributed by atoms with Gasteiger partial charge in [-0.25, -0.2) is 9.78 Å². The maximum absolute atomic E-state index is 12.2. The Balaban J connectivity index is 1.94. The zero-order valence-electron chi connectivity index (χ0n) is 13.7. The van der Waals surface area contributed by atoms with Crippen molar-refractivity contribution >= 4 is 6.09 Å². The third-order valence-corrected chi connectivity index (χ3v) is 3.46. The standard InChI is InChI=1S/C15H25N3O4/c1-11-16-12(10-21-11)7-17-5-6-18(13(8-17)9-19)14(20)22-15(2,3)4/h10,13,19H,5-9H2,1-4H3. The molecule has 1 saturated heterocycles. The first-order chi connectivity index (χ1) is 10.3. The van der Waals surface area contributed by atoms with Crippen LogP contribution in [0.1, 0.15) is 32.4 Å². The Hall–Kier alpha value is -1.60. The molecule has 22 heavy (non-hydrogen) atoms. The van der Waals surface area contributed by atoms with Crippen molar-refractivity contribution in [3.8, 4) is 0 Å². The summed E-state index contributed by atoms with van der Waals surface area (Å²) in [4.78, 5) is 20.2. The van der Waals surface area contributed by atoms with Gasteiger partial charge in [0.15, 0.2) is 5.89 Å². The Kier molecular flexibility index (Phi) is 5.08. The molecule has 7 nitrogen and oxygen atoms in total. The van der Waals surface area contributed by atoms with Crippen LogP contribution >= 0.6 is 0 Å². The van der Waals surface area contributed by atoms with Gasteiger partial charge >= 0.3 is 6.09 Å². The molecule has 124 valence electrons. The fourth-order valence-corrected chi connectivity index (χ4v) is 2.49. The number of aromatic nitrogens is 1. The highest BCUT2D eigenvalue weighted by Crippen LogP contribution is 2.17. The van der Waals surface area contributed by atoms with Crippen LogP contribution < -0.4 is 0 Å². The second kappa shape index (κ2) is 6.66. The lowest BCUT2D eigenvalue weighted by Crippen LogP contribution is -2.57. The molecule has 1 aromatic rings. The number of oxazole rings is 1. The molecular formula is C15H25N3O4. The third-order valence-electron chi connectivity index (χ3n) is 3.46. The average Bonchev–Trinajstić information content (AvgIpc) is 2.82. The lowest BCUT2D eigenvalue weighted by atomic mass is 10.1. The predicted octanol–water partition coefficient (Wildman–Crippen LogP) is 1.40. The number of nitrogens with zero attached hydrogens (tertiary/aromatic N) is 3. The minimum Gasteiger partial charge on any atom is -0.449 e. The van der Waals surface area contributed by atoms with Gasteiger partial charge in [-0.1, -0.05) is 0 Å². The smallest absolute Gasteiger partial charge is 0.410 e. The first-order valence-corrected chi connectivity index (χ1v) is 7.52. The minimum atomic E-state index is -0.535. The van der Waals surface area contributed by atoms with E-state index in [1.54, 1.807) is 18.1 Å². The molecule has 0 aromatic carbocycles. The second-order valence-electron chi connectivity index (χ2n) is 6.60. The number of hydrogen-bond acceptors (Lipinski definition) is 6. The molecule has 1 fully saturated rings. The molecule has 2 rings (SSSR count). The lowest BCUT2D eigenvalue weighted by molar-refractivity contribution is -0.0128. The summed E-state index contributed by atoms with van der Waals surface area (Å²) in [6.45, 7) is 9.69. The van der Waals surface area contributed by atoms with E-state index in [1.807, 2.05) is 20.8 Å². The summed E-state index contributed by atoms with van der Waals surface area (Å²) < 4.78 is 10.6. The van der Waals surface area contributed by atoms with Crippen LogP contribution in [0, 0.1) is 6.92 Å². The van der Waals surface area contributed by atoms with Gasteiger partial charge in [-0.2, -0.15) is 0 Å². The van der Waals surface area contributed by atoms with Crippen LogP contribution in [0.25, 0.3) is 0 Å². The summed E-state index contributed by atoms with van der Waals surface area (Å²) in [5.74, 6) is 0.640. The molecule has 1 atom stereocenters. The summed E-state index contributed by atoms with van der Waals surface area (Å²) in [6.07, 6.45) is 1.27. The second-order valence-corrected chi connectivity index (χ2v) is 6.60. The Morgan fingerprint density at radius 3 is 2.77 bits per heavy atom. The molecule has 0 bridgehead atoms. The number of ether oxygens (including phenoxy) is 1. The summed E-state index contributed by atoms with van der Waals surface area (Å²) in [6, 6.07) is -0.267. The van der Waals surface area contributed by atoms with Crippen LogP contribution in [-0.4, -0.2) is 63.9 Å². The molecule has 1 aliphatic heterocycles. The Labute approximate surface area is 130 Å². The van der Waals surface area contributed by atoms with Crippen LogP contribution in [0.15, 0.2) is 10.7 Å². The lowest BCUT2D eigenvalue weighted by Gasteiger charge is -2.40. The van der Waals surface area contributed by atoms with E-state index in [0.29, 0.717) is 32.1 Å². The number of aryl methyl sites for hydroxylation is 1. The molecule has 1 amide bonds. The highest BCUT2D eigenvalue weighted by atomic mass is 16.6. The van der Waals surface area contributed by atoms with Crippen LogP contribution in [0.2, 0.25) is 0 Å². The van der Waals surface area contributed by atoms with E-state index in [9.17, 15) is 9.90 Å². The van der Waals surface area contributed by atoms with Gasteiger partial charge in [0.2, 0.25) is 0 Å². The summed E-state index contributed by atoms with van der Waals surface area (Å²) in [7, 11) is 0. The SMILES string of the molecule is Cc1nc(CN2CCN(C(=O)OC(C)(C)C)C(CO)C2)co1. The number of amides is 1. The van der Waals surface area contributed by atoms with Crippen molar-refractivity contribution in [1.29, 1.82) is 0 Å². The summed E-state index contributed by atoms with van der Waals surface area (Å²) >= 11 is 0. The van der Waals surface area contributed by atoms with Crippen molar-refractivity contribution in [2.75, 3.05) is 26.2 Å². The van der Waals surface area contributed by atoms with Crippen LogP contribution in [0.3, 0.4) is 0 Å². The van der Waals surface area contributed by atoms with E-state index >= 15 is 0 Å². The molecule has 0 spiro atoms. The Bertz CT molecular complexity index is 509. The van der Waals surface area contributed by atoms with Crippen LogP contribution in [0.4, 0.5) is 4.79 Å². The van der Waals surface area contributed by atoms with Crippen molar-refractivity contribution in [2.45, 2.75) is 45.9 Å². The van der Waals surface area contributed by atoms with Gasteiger partial charge in [-0.15, -0.1) is 0 Å². The highest BCUT2D eigenvalue weighted by Gasteiger charge is 2.33. The van der Waals surface area contributed by atoms with Crippen LogP contribution in [0.5, 0.6) is 0 Å². The fourth-order valence-electron chi connectivity index (χ4n) is 2.49. The van der Waals surface area contributed by atoms with Gasteiger partial charge in [0.05, 0.1) is 18.3 Å². The zero-order valence-corrected chi connectivity index (χ0v) is 13.7. The number of aliphatic hydroxyl groups excluding tert-OH is 1. The van der Waals surface area contributed by atoms with E-state index in [4.69, 9.17) is 9.15 Å². The van der Waals surface area contributed by atoms with Crippen molar-refractivity contribution in [3.05, 3.63) is 17.8 Å². The molecule has 1 aromatic heterocycles. The quantitative estimate of drug-likeness (QED) is 0.909. The van der Waals surface area contributed by atoms with Crippen molar-refractivity contribution < 1.29 is 19.1 Å². The van der Waals surface area contributed by atoms with Gasteiger partial charge in [0.1, 0.15) is 11.9 Å². The third kappa shape index (κ3) is 4.45. The highest BCUT2D eigenvalue weighted by molar-refractivity contribution is 5.68. The predicted molar refractivity (Wildman–Crippen MR) is 80.3 cm³/mol. The molecule has 7 heteroatoms. The van der Waals surface area contributed by atoms with E-state index < -0.39 is 5.60 Å². The number of carbonyl (C=O) groups excluding carboxylic acids is 1. The molecule has 1 aliphatic rings. The van der Waals surface area contributed by atoms with E-state index in [0.717, 1.165) is 5.69 Å². The van der Waals surface area contributed by atoms with E-state index in [2.05, 4.69) is 9.88 Å². The first kappa shape index (κ1) is 16.8. The average molecular weight is 311 g/mol. The Morgan fingerprint density at radius 2 is 2.23 bits per heavy atom. The molecule has 0 aliphatic carbocycles. The fraction of sp³-hybridized carbons (Fsp3) is 0.733. The topological polar surface area (TPSA) is 79.0 Å². The van der Waals surface area contributed by atoms with Crippen molar-refractivity contribution in [1.82, 2.24) is 14.8 Å². The number of carbonyl (C=O) groups is 1.